The lowest BCUT2D eigenvalue weighted by molar-refractivity contribution is -0.132. The van der Waals surface area contributed by atoms with E-state index < -0.39 is 0 Å². The number of amidine groups is 1. The molecule has 3 aliphatic heterocycles. The zero-order valence-electron chi connectivity index (χ0n) is 15.5. The van der Waals surface area contributed by atoms with Crippen LogP contribution in [0.3, 0.4) is 0 Å². The van der Waals surface area contributed by atoms with Gasteiger partial charge in [0.05, 0.1) is 5.69 Å². The predicted octanol–water partition coefficient (Wildman–Crippen LogP) is 2.58. The molecule has 0 radical (unpaired) electrons. The molecule has 0 N–H and O–H groups in total. The van der Waals surface area contributed by atoms with Crippen molar-refractivity contribution in [3.63, 3.8) is 0 Å². The highest BCUT2D eigenvalue weighted by molar-refractivity contribution is 6.20. The summed E-state index contributed by atoms with van der Waals surface area (Å²) in [6.07, 6.45) is 2.02. The highest BCUT2D eigenvalue weighted by atomic mass is 16.2. The Morgan fingerprint density at radius 2 is 1.92 bits per heavy atom. The third kappa shape index (κ3) is 2.97. The number of hydrogen-bond donors (Lipinski definition) is 0. The molecule has 138 valence electrons. The molecule has 1 saturated heterocycles. The van der Waals surface area contributed by atoms with Crippen LogP contribution in [0.2, 0.25) is 0 Å². The highest BCUT2D eigenvalue weighted by Gasteiger charge is 2.38. The Kier molecular flexibility index (Phi) is 4.42. The fourth-order valence-electron chi connectivity index (χ4n) is 4.42. The van der Waals surface area contributed by atoms with E-state index in [0.717, 1.165) is 49.6 Å². The molecule has 0 aromatic heterocycles. The van der Waals surface area contributed by atoms with Crippen molar-refractivity contribution >= 4 is 23.5 Å². The lowest BCUT2D eigenvalue weighted by Crippen LogP contribution is -2.56. The maximum atomic E-state index is 13.1. The third-order valence-corrected chi connectivity index (χ3v) is 5.47. The average Bonchev–Trinajstić information content (AvgIpc) is 2.64. The van der Waals surface area contributed by atoms with E-state index in [2.05, 4.69) is 18.8 Å². The summed E-state index contributed by atoms with van der Waals surface area (Å²) >= 11 is 0. The second kappa shape index (κ2) is 6.74. The topological polar surface area (TPSA) is 56.2 Å². The van der Waals surface area contributed by atoms with E-state index in [1.807, 2.05) is 29.2 Å². The van der Waals surface area contributed by atoms with E-state index in [-0.39, 0.29) is 18.5 Å². The van der Waals surface area contributed by atoms with Gasteiger partial charge in [0, 0.05) is 31.7 Å². The van der Waals surface area contributed by atoms with Gasteiger partial charge >= 0.3 is 6.03 Å². The number of fused-ring (bicyclic) bond motifs is 3. The van der Waals surface area contributed by atoms with E-state index in [1.165, 1.54) is 0 Å². The Morgan fingerprint density at radius 3 is 2.69 bits per heavy atom. The Bertz CT molecular complexity index is 750. The molecule has 2 unspecified atom stereocenters. The lowest BCUT2D eigenvalue weighted by Gasteiger charge is -2.41. The van der Waals surface area contributed by atoms with Gasteiger partial charge in [-0.15, -0.1) is 0 Å². The fraction of sp³-hybridized carbons (Fsp3) is 0.550. The second-order valence-corrected chi connectivity index (χ2v) is 7.84. The number of para-hydroxylation sites is 1. The van der Waals surface area contributed by atoms with Crippen molar-refractivity contribution in [3.8, 4) is 0 Å². The SMILES string of the molecule is CC1CC(C)CN(C(=O)CN2C(=O)N3CCCN=C3c3ccccc32)C1. The lowest BCUT2D eigenvalue weighted by atomic mass is 9.92. The number of rotatable bonds is 2. The largest absolute Gasteiger partial charge is 0.341 e. The maximum absolute atomic E-state index is 13.1. The molecule has 6 heteroatoms. The molecule has 0 saturated carbocycles. The zero-order chi connectivity index (χ0) is 18.3. The molecule has 2 atom stereocenters. The van der Waals surface area contributed by atoms with Crippen molar-refractivity contribution < 1.29 is 9.59 Å². The summed E-state index contributed by atoms with van der Waals surface area (Å²) in [7, 11) is 0. The van der Waals surface area contributed by atoms with Crippen LogP contribution in [0, 0.1) is 11.8 Å². The van der Waals surface area contributed by atoms with Crippen LogP contribution in [-0.2, 0) is 4.79 Å². The highest BCUT2D eigenvalue weighted by Crippen LogP contribution is 2.31. The van der Waals surface area contributed by atoms with Gasteiger partial charge in [0.2, 0.25) is 5.91 Å². The van der Waals surface area contributed by atoms with Gasteiger partial charge in [-0.05, 0) is 36.8 Å². The van der Waals surface area contributed by atoms with Crippen LogP contribution in [0.5, 0.6) is 0 Å². The van der Waals surface area contributed by atoms with Gasteiger partial charge in [-0.25, -0.2) is 4.79 Å². The second-order valence-electron chi connectivity index (χ2n) is 7.84. The van der Waals surface area contributed by atoms with Crippen molar-refractivity contribution in [2.24, 2.45) is 16.8 Å². The van der Waals surface area contributed by atoms with Crippen molar-refractivity contribution in [2.45, 2.75) is 26.7 Å². The molecule has 0 aliphatic carbocycles. The number of nitrogens with zero attached hydrogens (tertiary/aromatic N) is 4. The molecular weight excluding hydrogens is 328 g/mol. The first-order chi connectivity index (χ1) is 12.5. The van der Waals surface area contributed by atoms with Crippen molar-refractivity contribution in [1.82, 2.24) is 9.80 Å². The van der Waals surface area contributed by atoms with Crippen LogP contribution in [-0.4, -0.2) is 60.3 Å². The van der Waals surface area contributed by atoms with Gasteiger partial charge in [0.1, 0.15) is 12.4 Å². The van der Waals surface area contributed by atoms with Crippen LogP contribution in [0.4, 0.5) is 10.5 Å². The number of anilines is 1. The summed E-state index contributed by atoms with van der Waals surface area (Å²) in [4.78, 5) is 35.9. The van der Waals surface area contributed by atoms with Crippen LogP contribution in [0.25, 0.3) is 0 Å². The summed E-state index contributed by atoms with van der Waals surface area (Å²) in [5, 5.41) is 0. The van der Waals surface area contributed by atoms with Crippen LogP contribution in [0.15, 0.2) is 29.3 Å². The van der Waals surface area contributed by atoms with Crippen LogP contribution < -0.4 is 4.90 Å². The van der Waals surface area contributed by atoms with E-state index in [1.54, 1.807) is 9.80 Å². The number of piperidine rings is 1. The number of hydrogen-bond acceptors (Lipinski definition) is 3. The van der Waals surface area contributed by atoms with Crippen molar-refractivity contribution in [3.05, 3.63) is 29.8 Å². The number of carbonyl (C=O) groups is 2. The van der Waals surface area contributed by atoms with Crippen molar-refractivity contribution in [1.29, 1.82) is 0 Å². The van der Waals surface area contributed by atoms with E-state index >= 15 is 0 Å². The minimum absolute atomic E-state index is 0.0314. The number of urea groups is 1. The van der Waals surface area contributed by atoms with Gasteiger partial charge in [-0.1, -0.05) is 26.0 Å². The van der Waals surface area contributed by atoms with Crippen LogP contribution >= 0.6 is 0 Å². The average molecular weight is 354 g/mol. The zero-order valence-corrected chi connectivity index (χ0v) is 15.5. The monoisotopic (exact) mass is 354 g/mol. The maximum Gasteiger partial charge on any atom is 0.330 e. The molecule has 0 spiro atoms. The minimum atomic E-state index is -0.131. The molecule has 3 amide bonds. The molecule has 0 bridgehead atoms. The van der Waals surface area contributed by atoms with E-state index in [4.69, 9.17) is 0 Å². The Labute approximate surface area is 154 Å². The normalized spacial score (nSPS) is 25.5. The Balaban J connectivity index is 1.61. The summed E-state index contributed by atoms with van der Waals surface area (Å²) in [6.45, 7) is 7.44. The number of aliphatic imine (C=N–C) groups is 1. The minimum Gasteiger partial charge on any atom is -0.341 e. The molecule has 26 heavy (non-hydrogen) atoms. The molecule has 1 aromatic carbocycles. The summed E-state index contributed by atoms with van der Waals surface area (Å²) < 4.78 is 0. The molecule has 1 fully saturated rings. The molecule has 1 aromatic rings. The number of carbonyl (C=O) groups excluding carboxylic acids is 2. The van der Waals surface area contributed by atoms with Gasteiger partial charge < -0.3 is 4.90 Å². The van der Waals surface area contributed by atoms with E-state index in [9.17, 15) is 9.59 Å². The Morgan fingerprint density at radius 1 is 1.19 bits per heavy atom. The quantitative estimate of drug-likeness (QED) is 0.820. The van der Waals surface area contributed by atoms with Gasteiger partial charge in [-0.2, -0.15) is 0 Å². The number of amides is 3. The fourth-order valence-corrected chi connectivity index (χ4v) is 4.42. The summed E-state index contributed by atoms with van der Waals surface area (Å²) in [5.41, 5.74) is 1.74. The molecule has 4 rings (SSSR count). The van der Waals surface area contributed by atoms with Gasteiger partial charge in [0.15, 0.2) is 0 Å². The Hall–Kier alpha value is -2.37. The van der Waals surface area contributed by atoms with Gasteiger partial charge in [0.25, 0.3) is 0 Å². The first kappa shape index (κ1) is 17.1. The predicted molar refractivity (Wildman–Crippen MR) is 101 cm³/mol. The van der Waals surface area contributed by atoms with Crippen LogP contribution in [0.1, 0.15) is 32.3 Å². The molecule has 3 aliphatic rings. The number of likely N-dealkylation sites (tertiary alicyclic amines) is 1. The smallest absolute Gasteiger partial charge is 0.330 e. The van der Waals surface area contributed by atoms with Crippen molar-refractivity contribution in [2.75, 3.05) is 37.6 Å². The summed E-state index contributed by atoms with van der Waals surface area (Å²) in [6, 6.07) is 7.64. The molecule has 3 heterocycles. The molecule has 6 nitrogen and oxygen atoms in total. The first-order valence-corrected chi connectivity index (χ1v) is 9.55. The first-order valence-electron chi connectivity index (χ1n) is 9.55. The van der Waals surface area contributed by atoms with Gasteiger partial charge in [-0.3, -0.25) is 19.6 Å². The third-order valence-electron chi connectivity index (χ3n) is 5.47. The standard InChI is InChI=1S/C20H26N4O2/c1-14-10-15(2)12-22(11-14)18(25)13-24-17-7-4-3-6-16(17)19-21-8-5-9-23(19)20(24)26/h3-4,6-7,14-15H,5,8-13H2,1-2H3. The molecular formula is C20H26N4O2. The summed E-state index contributed by atoms with van der Waals surface area (Å²) in [5.74, 6) is 1.80. The number of benzene rings is 1. The van der Waals surface area contributed by atoms with E-state index in [0.29, 0.717) is 18.4 Å².